The molecule has 6 heteroatoms. The number of thioether (sulfide) groups is 1. The number of hydrogen-bond donors (Lipinski definition) is 2. The quantitative estimate of drug-likeness (QED) is 0.874. The molecule has 0 saturated carbocycles. The summed E-state index contributed by atoms with van der Waals surface area (Å²) in [6.07, 6.45) is 7.70. The van der Waals surface area contributed by atoms with Gasteiger partial charge in [0.25, 0.3) is 5.91 Å². The number of hydrogen-bond acceptors (Lipinski definition) is 4. The Morgan fingerprint density at radius 2 is 2.14 bits per heavy atom. The highest BCUT2D eigenvalue weighted by molar-refractivity contribution is 8.02. The second-order valence-electron chi connectivity index (χ2n) is 4.72. The van der Waals surface area contributed by atoms with Crippen molar-refractivity contribution >= 4 is 23.6 Å². The van der Waals surface area contributed by atoms with Crippen LogP contribution in [0.2, 0.25) is 0 Å². The number of allylic oxidation sites excluding steroid dienone is 3. The van der Waals surface area contributed by atoms with Gasteiger partial charge in [-0.15, -0.1) is 11.8 Å². The van der Waals surface area contributed by atoms with Crippen LogP contribution in [-0.4, -0.2) is 25.2 Å². The molecule has 0 unspecified atom stereocenters. The van der Waals surface area contributed by atoms with Gasteiger partial charge in [0.1, 0.15) is 5.75 Å². The molecule has 2 amide bonds. The lowest BCUT2D eigenvalue weighted by Crippen LogP contribution is -2.25. The van der Waals surface area contributed by atoms with Crippen LogP contribution in [0, 0.1) is 0 Å². The number of rotatable bonds is 5. The summed E-state index contributed by atoms with van der Waals surface area (Å²) in [6.45, 7) is 0. The second kappa shape index (κ2) is 7.17. The van der Waals surface area contributed by atoms with E-state index < -0.39 is 5.91 Å². The molecule has 0 radical (unpaired) electrons. The van der Waals surface area contributed by atoms with Crippen molar-refractivity contribution in [2.24, 2.45) is 5.73 Å². The van der Waals surface area contributed by atoms with Gasteiger partial charge in [-0.05, 0) is 37.3 Å². The zero-order chi connectivity index (χ0) is 16.1. The summed E-state index contributed by atoms with van der Waals surface area (Å²) < 4.78 is 5.20. The molecule has 2 rings (SSSR count). The number of ether oxygens (including phenoxy) is 1. The Kier molecular flexibility index (Phi) is 5.27. The van der Waals surface area contributed by atoms with Crippen molar-refractivity contribution in [2.45, 2.75) is 12.8 Å². The molecule has 22 heavy (non-hydrogen) atoms. The Balaban J connectivity index is 2.32. The van der Waals surface area contributed by atoms with Crippen LogP contribution in [0.3, 0.4) is 0 Å². The highest BCUT2D eigenvalue weighted by Gasteiger charge is 2.17. The van der Waals surface area contributed by atoms with Gasteiger partial charge in [-0.25, -0.2) is 0 Å². The average molecular weight is 318 g/mol. The normalized spacial score (nSPS) is 13.9. The number of benzene rings is 1. The second-order valence-corrected chi connectivity index (χ2v) is 5.57. The van der Waals surface area contributed by atoms with Crippen molar-refractivity contribution in [1.82, 2.24) is 5.32 Å². The summed E-state index contributed by atoms with van der Waals surface area (Å²) in [5.74, 6) is -0.488. The molecule has 0 bridgehead atoms. The largest absolute Gasteiger partial charge is 0.496 e. The zero-order valence-electron chi connectivity index (χ0n) is 12.5. The van der Waals surface area contributed by atoms with Gasteiger partial charge >= 0.3 is 0 Å². The molecule has 1 aromatic rings. The number of amides is 2. The number of carbonyl (C=O) groups excluding carboxylic acids is 2. The van der Waals surface area contributed by atoms with Gasteiger partial charge in [-0.3, -0.25) is 9.59 Å². The maximum absolute atomic E-state index is 12.5. The van der Waals surface area contributed by atoms with Crippen molar-refractivity contribution < 1.29 is 14.3 Å². The topological polar surface area (TPSA) is 81.4 Å². The average Bonchev–Trinajstić information content (AvgIpc) is 2.54. The minimum Gasteiger partial charge on any atom is -0.496 e. The van der Waals surface area contributed by atoms with Crippen molar-refractivity contribution in [1.29, 1.82) is 0 Å². The first-order chi connectivity index (χ1) is 10.6. The lowest BCUT2D eigenvalue weighted by atomic mass is 10.1. The van der Waals surface area contributed by atoms with E-state index in [-0.39, 0.29) is 11.5 Å². The Morgan fingerprint density at radius 1 is 1.36 bits per heavy atom. The Labute approximate surface area is 133 Å². The molecular formula is C16H18N2O3S. The van der Waals surface area contributed by atoms with Gasteiger partial charge in [0.05, 0.1) is 12.7 Å². The Bertz CT molecular complexity index is 665. The van der Waals surface area contributed by atoms with Gasteiger partial charge < -0.3 is 15.8 Å². The van der Waals surface area contributed by atoms with Gasteiger partial charge in [-0.2, -0.15) is 0 Å². The molecule has 0 aromatic heterocycles. The summed E-state index contributed by atoms with van der Waals surface area (Å²) in [7, 11) is 1.48. The van der Waals surface area contributed by atoms with E-state index in [2.05, 4.69) is 11.4 Å². The summed E-state index contributed by atoms with van der Waals surface area (Å²) in [4.78, 5) is 24.8. The Hall–Kier alpha value is -2.21. The maximum Gasteiger partial charge on any atom is 0.259 e. The van der Waals surface area contributed by atoms with E-state index in [0.29, 0.717) is 11.3 Å². The van der Waals surface area contributed by atoms with Crippen LogP contribution in [0.4, 0.5) is 0 Å². The van der Waals surface area contributed by atoms with Crippen LogP contribution in [0.5, 0.6) is 5.75 Å². The molecule has 0 fully saturated rings. The molecule has 0 heterocycles. The molecular weight excluding hydrogens is 300 g/mol. The van der Waals surface area contributed by atoms with Crippen LogP contribution in [-0.2, 0) is 0 Å². The molecule has 116 valence electrons. The third-order valence-electron chi connectivity index (χ3n) is 3.34. The van der Waals surface area contributed by atoms with Crippen LogP contribution in [0.1, 0.15) is 33.6 Å². The van der Waals surface area contributed by atoms with Crippen LogP contribution in [0.15, 0.2) is 41.0 Å². The fourth-order valence-corrected chi connectivity index (χ4v) is 2.83. The Morgan fingerprint density at radius 3 is 2.77 bits per heavy atom. The van der Waals surface area contributed by atoms with Crippen LogP contribution >= 0.6 is 11.8 Å². The first kappa shape index (κ1) is 16.2. The third kappa shape index (κ3) is 3.51. The number of methoxy groups -OCH3 is 1. The fraction of sp³-hybridized carbons (Fsp3) is 0.250. The van der Waals surface area contributed by atoms with Crippen molar-refractivity contribution in [2.75, 3.05) is 13.4 Å². The van der Waals surface area contributed by atoms with E-state index in [4.69, 9.17) is 10.5 Å². The first-order valence-corrected chi connectivity index (χ1v) is 8.02. The fourth-order valence-electron chi connectivity index (χ4n) is 2.20. The predicted molar refractivity (Wildman–Crippen MR) is 87.9 cm³/mol. The van der Waals surface area contributed by atoms with Gasteiger partial charge in [0.15, 0.2) is 0 Å². The standard InChI is InChI=1S/C16H18N2O3S/c1-21-13-8-7-10(15(17)19)9-11(13)16(20)18-12-5-3-4-6-14(12)22-2/h4,6-9H,3,5H2,1-2H3,(H2,17,19)(H,18,20). The van der Waals surface area contributed by atoms with E-state index in [1.165, 1.54) is 19.2 Å². The van der Waals surface area contributed by atoms with Crippen molar-refractivity contribution in [3.63, 3.8) is 0 Å². The summed E-state index contributed by atoms with van der Waals surface area (Å²) >= 11 is 1.58. The van der Waals surface area contributed by atoms with Crippen LogP contribution in [0.25, 0.3) is 0 Å². The molecule has 3 N–H and O–H groups in total. The number of primary amides is 1. The van der Waals surface area contributed by atoms with E-state index >= 15 is 0 Å². The number of nitrogens with one attached hydrogen (secondary N) is 1. The molecule has 1 aliphatic rings. The molecule has 5 nitrogen and oxygen atoms in total. The molecule has 0 atom stereocenters. The lowest BCUT2D eigenvalue weighted by Gasteiger charge is -2.17. The molecule has 0 saturated heterocycles. The molecule has 1 aliphatic carbocycles. The number of carbonyl (C=O) groups is 2. The van der Waals surface area contributed by atoms with E-state index in [1.807, 2.05) is 12.3 Å². The molecule has 1 aromatic carbocycles. The molecule has 0 spiro atoms. The summed E-state index contributed by atoms with van der Waals surface area (Å²) in [6, 6.07) is 4.56. The smallest absolute Gasteiger partial charge is 0.259 e. The minimum atomic E-state index is -0.582. The van der Waals surface area contributed by atoms with E-state index in [9.17, 15) is 9.59 Å². The SMILES string of the molecule is COc1ccc(C(N)=O)cc1C(=O)NC1=C(SC)C=CCC1. The highest BCUT2D eigenvalue weighted by Crippen LogP contribution is 2.26. The van der Waals surface area contributed by atoms with Gasteiger partial charge in [0, 0.05) is 16.2 Å². The maximum atomic E-state index is 12.5. The minimum absolute atomic E-state index is 0.272. The third-order valence-corrected chi connectivity index (χ3v) is 4.16. The van der Waals surface area contributed by atoms with E-state index in [1.54, 1.807) is 17.8 Å². The monoisotopic (exact) mass is 318 g/mol. The van der Waals surface area contributed by atoms with Gasteiger partial charge in [0.2, 0.25) is 5.91 Å². The lowest BCUT2D eigenvalue weighted by molar-refractivity contribution is 0.0961. The molecule has 0 aliphatic heterocycles. The zero-order valence-corrected chi connectivity index (χ0v) is 13.3. The van der Waals surface area contributed by atoms with Crippen LogP contribution < -0.4 is 15.8 Å². The summed E-state index contributed by atoms with van der Waals surface area (Å²) in [5, 5.41) is 2.91. The number of nitrogens with two attached hydrogens (primary N) is 1. The van der Waals surface area contributed by atoms with Crippen molar-refractivity contribution in [3.05, 3.63) is 52.1 Å². The van der Waals surface area contributed by atoms with Crippen molar-refractivity contribution in [3.8, 4) is 5.75 Å². The van der Waals surface area contributed by atoms with E-state index in [0.717, 1.165) is 23.4 Å². The first-order valence-electron chi connectivity index (χ1n) is 6.79. The summed E-state index contributed by atoms with van der Waals surface area (Å²) in [5.41, 5.74) is 6.71. The predicted octanol–water partition coefficient (Wildman–Crippen LogP) is 2.45. The van der Waals surface area contributed by atoms with Gasteiger partial charge in [-0.1, -0.05) is 12.2 Å². The highest BCUT2D eigenvalue weighted by atomic mass is 32.2.